The van der Waals surface area contributed by atoms with Gasteiger partial charge in [0.1, 0.15) is 5.25 Å². The van der Waals surface area contributed by atoms with Crippen molar-refractivity contribution in [2.45, 2.75) is 18.2 Å². The first-order chi connectivity index (χ1) is 9.27. The molecule has 0 spiro atoms. The third-order valence-electron chi connectivity index (χ3n) is 3.23. The predicted molar refractivity (Wildman–Crippen MR) is 74.6 cm³/mol. The molecule has 7 heteroatoms. The van der Waals surface area contributed by atoms with E-state index in [2.05, 4.69) is 0 Å². The second-order valence-electron chi connectivity index (χ2n) is 5.21. The Morgan fingerprint density at radius 1 is 1.30 bits per heavy atom. The summed E-state index contributed by atoms with van der Waals surface area (Å²) >= 11 is 0. The first kappa shape index (κ1) is 14.9. The van der Waals surface area contributed by atoms with Gasteiger partial charge in [0.05, 0.1) is 0 Å². The molecule has 0 bridgehead atoms. The number of nitrogens with zero attached hydrogens (tertiary/aromatic N) is 2. The number of hydrogen-bond acceptors (Lipinski definition) is 4. The van der Waals surface area contributed by atoms with Gasteiger partial charge in [-0.25, -0.2) is 0 Å². The molecule has 0 N–H and O–H groups in total. The molecule has 0 aliphatic carbocycles. The smallest absolute Gasteiger partial charge is 0.307 e. The zero-order chi connectivity index (χ0) is 14.9. The number of anilines is 1. The van der Waals surface area contributed by atoms with E-state index in [1.807, 2.05) is 31.1 Å². The lowest BCUT2D eigenvalue weighted by Crippen LogP contribution is -2.26. The monoisotopic (exact) mass is 300 g/mol. The van der Waals surface area contributed by atoms with Gasteiger partial charge in [-0.05, 0) is 31.8 Å². The van der Waals surface area contributed by atoms with Crippen molar-refractivity contribution >= 4 is 21.8 Å². The van der Waals surface area contributed by atoms with Crippen molar-refractivity contribution in [3.8, 4) is 0 Å². The number of benzene rings is 1. The van der Waals surface area contributed by atoms with Gasteiger partial charge >= 0.3 is 10.2 Å². The van der Waals surface area contributed by atoms with Crippen LogP contribution in [0.25, 0.3) is 0 Å². The highest BCUT2D eigenvalue weighted by molar-refractivity contribution is 7.87. The van der Waals surface area contributed by atoms with Gasteiger partial charge in [-0.1, -0.05) is 12.1 Å². The lowest BCUT2D eigenvalue weighted by molar-refractivity contribution is -0.117. The van der Waals surface area contributed by atoms with E-state index in [1.165, 1.54) is 4.90 Å². The molecule has 0 radical (unpaired) electrons. The standard InChI is InChI=1S/C13H17FN2O3S/c1-15(2)8-10-3-5-11(6-4-10)16-9-12(7-13(16)17)20(14,18)19/h3-6,12H,7-9H2,1-2H3. The van der Waals surface area contributed by atoms with Crippen LogP contribution in [0.4, 0.5) is 9.57 Å². The fourth-order valence-electron chi connectivity index (χ4n) is 2.26. The van der Waals surface area contributed by atoms with Crippen LogP contribution in [0.15, 0.2) is 24.3 Å². The van der Waals surface area contributed by atoms with Crippen LogP contribution in [0.2, 0.25) is 0 Å². The summed E-state index contributed by atoms with van der Waals surface area (Å²) in [6.45, 7) is 0.653. The molecule has 5 nitrogen and oxygen atoms in total. The Bertz CT molecular complexity index is 599. The molecule has 1 saturated heterocycles. The molecule has 1 aliphatic rings. The summed E-state index contributed by atoms with van der Waals surface area (Å²) in [6, 6.07) is 7.26. The number of amides is 1. The van der Waals surface area contributed by atoms with Crippen molar-refractivity contribution in [2.24, 2.45) is 0 Å². The van der Waals surface area contributed by atoms with Crippen LogP contribution in [-0.2, 0) is 21.6 Å². The SMILES string of the molecule is CN(C)Cc1ccc(N2CC(S(=O)(=O)F)CC2=O)cc1. The van der Waals surface area contributed by atoms with Gasteiger partial charge in [0, 0.05) is 25.2 Å². The molecule has 1 atom stereocenters. The van der Waals surface area contributed by atoms with E-state index in [9.17, 15) is 17.1 Å². The molecule has 1 amide bonds. The largest absolute Gasteiger partial charge is 0.311 e. The maximum absolute atomic E-state index is 13.0. The first-order valence-electron chi connectivity index (χ1n) is 6.25. The minimum atomic E-state index is -4.67. The lowest BCUT2D eigenvalue weighted by Gasteiger charge is -2.17. The third-order valence-corrected chi connectivity index (χ3v) is 4.35. The Hall–Kier alpha value is -1.47. The summed E-state index contributed by atoms with van der Waals surface area (Å²) in [5.74, 6) is -0.364. The molecule has 0 aromatic heterocycles. The summed E-state index contributed by atoms with van der Waals surface area (Å²) in [4.78, 5) is 15.1. The molecular formula is C13H17FN2O3S. The Morgan fingerprint density at radius 2 is 1.90 bits per heavy atom. The van der Waals surface area contributed by atoms with E-state index in [4.69, 9.17) is 0 Å². The number of carbonyl (C=O) groups is 1. The predicted octanol–water partition coefficient (Wildman–Crippen LogP) is 1.15. The second-order valence-corrected chi connectivity index (χ2v) is 6.83. The molecule has 110 valence electrons. The number of hydrogen-bond donors (Lipinski definition) is 0. The normalized spacial score (nSPS) is 19.9. The zero-order valence-electron chi connectivity index (χ0n) is 11.4. The molecule has 20 heavy (non-hydrogen) atoms. The quantitative estimate of drug-likeness (QED) is 0.783. The van der Waals surface area contributed by atoms with Crippen LogP contribution in [-0.4, -0.2) is 45.1 Å². The van der Waals surface area contributed by atoms with E-state index in [-0.39, 0.29) is 18.9 Å². The van der Waals surface area contributed by atoms with Gasteiger partial charge in [0.15, 0.2) is 0 Å². The van der Waals surface area contributed by atoms with Crippen LogP contribution in [0.5, 0.6) is 0 Å². The van der Waals surface area contributed by atoms with Crippen LogP contribution < -0.4 is 4.90 Å². The van der Waals surface area contributed by atoms with Crippen LogP contribution in [0, 0.1) is 0 Å². The minimum absolute atomic E-state index is 0.120. The lowest BCUT2D eigenvalue weighted by atomic mass is 10.2. The van der Waals surface area contributed by atoms with E-state index < -0.39 is 15.5 Å². The van der Waals surface area contributed by atoms with Gasteiger partial charge in [-0.3, -0.25) is 4.79 Å². The average Bonchev–Trinajstić information content (AvgIpc) is 2.71. The van der Waals surface area contributed by atoms with Crippen LogP contribution >= 0.6 is 0 Å². The number of rotatable bonds is 4. The van der Waals surface area contributed by atoms with Crippen LogP contribution in [0.1, 0.15) is 12.0 Å². The average molecular weight is 300 g/mol. The fraction of sp³-hybridized carbons (Fsp3) is 0.462. The van der Waals surface area contributed by atoms with Gasteiger partial charge in [-0.2, -0.15) is 8.42 Å². The summed E-state index contributed by atoms with van der Waals surface area (Å²) in [5, 5.41) is -1.25. The molecule has 1 aromatic rings. The Kier molecular flexibility index (Phi) is 4.10. The molecule has 1 aromatic carbocycles. The minimum Gasteiger partial charge on any atom is -0.311 e. The summed E-state index contributed by atoms with van der Waals surface area (Å²) in [5.41, 5.74) is 1.68. The molecule has 1 unspecified atom stereocenters. The van der Waals surface area contributed by atoms with Crippen molar-refractivity contribution in [1.29, 1.82) is 0 Å². The van der Waals surface area contributed by atoms with Crippen molar-refractivity contribution < 1.29 is 17.1 Å². The molecular weight excluding hydrogens is 283 g/mol. The molecule has 1 heterocycles. The van der Waals surface area contributed by atoms with E-state index in [0.717, 1.165) is 12.1 Å². The highest BCUT2D eigenvalue weighted by atomic mass is 32.3. The van der Waals surface area contributed by atoms with E-state index in [1.54, 1.807) is 12.1 Å². The molecule has 1 aliphatic heterocycles. The molecule has 2 rings (SSSR count). The Morgan fingerprint density at radius 3 is 2.35 bits per heavy atom. The van der Waals surface area contributed by atoms with Gasteiger partial charge in [-0.15, -0.1) is 3.89 Å². The van der Waals surface area contributed by atoms with Gasteiger partial charge < -0.3 is 9.80 Å². The van der Waals surface area contributed by atoms with Crippen molar-refractivity contribution in [3.05, 3.63) is 29.8 Å². The molecule has 1 fully saturated rings. The maximum atomic E-state index is 13.0. The summed E-state index contributed by atoms with van der Waals surface area (Å²) in [7, 11) is -0.764. The molecule has 0 saturated carbocycles. The van der Waals surface area contributed by atoms with E-state index in [0.29, 0.717) is 5.69 Å². The summed E-state index contributed by atoms with van der Waals surface area (Å²) in [6.07, 6.45) is -0.293. The number of carbonyl (C=O) groups excluding carboxylic acids is 1. The van der Waals surface area contributed by atoms with Crippen LogP contribution in [0.3, 0.4) is 0 Å². The second kappa shape index (κ2) is 5.49. The fourth-order valence-corrected chi connectivity index (χ4v) is 2.93. The van der Waals surface area contributed by atoms with Crippen molar-refractivity contribution in [3.63, 3.8) is 0 Å². The third kappa shape index (κ3) is 3.34. The van der Waals surface area contributed by atoms with Gasteiger partial charge in [0.2, 0.25) is 5.91 Å². The Balaban J connectivity index is 2.14. The highest BCUT2D eigenvalue weighted by Crippen LogP contribution is 2.26. The highest BCUT2D eigenvalue weighted by Gasteiger charge is 2.38. The number of halogens is 1. The van der Waals surface area contributed by atoms with E-state index >= 15 is 0 Å². The summed E-state index contributed by atoms with van der Waals surface area (Å²) < 4.78 is 34.7. The van der Waals surface area contributed by atoms with Gasteiger partial charge in [0.25, 0.3) is 0 Å². The maximum Gasteiger partial charge on any atom is 0.307 e. The Labute approximate surface area is 118 Å². The topological polar surface area (TPSA) is 57.7 Å². The van der Waals surface area contributed by atoms with Crippen molar-refractivity contribution in [2.75, 3.05) is 25.5 Å². The zero-order valence-corrected chi connectivity index (χ0v) is 12.2. The first-order valence-corrected chi connectivity index (χ1v) is 7.69. The van der Waals surface area contributed by atoms with Crippen molar-refractivity contribution in [1.82, 2.24) is 4.90 Å².